The molecule has 2 heterocycles. The van der Waals surface area contributed by atoms with Gasteiger partial charge in [-0.1, -0.05) is 0 Å². The third-order valence-electron chi connectivity index (χ3n) is 3.92. The Balaban J connectivity index is 1.96. The lowest BCUT2D eigenvalue weighted by Gasteiger charge is -2.28. The summed E-state index contributed by atoms with van der Waals surface area (Å²) in [7, 11) is -1.17. The van der Waals surface area contributed by atoms with E-state index in [-0.39, 0.29) is 16.6 Å². The molecule has 1 aromatic heterocycles. The quantitative estimate of drug-likeness (QED) is 0.847. The van der Waals surface area contributed by atoms with Crippen LogP contribution >= 0.6 is 15.9 Å². The third kappa shape index (κ3) is 3.38. The van der Waals surface area contributed by atoms with Gasteiger partial charge in [0.05, 0.1) is 45.0 Å². The van der Waals surface area contributed by atoms with E-state index in [9.17, 15) is 8.60 Å². The smallest absolute Gasteiger partial charge is 0.138 e. The Hall–Kier alpha value is -0.760. The number of halogens is 2. The Morgan fingerprint density at radius 1 is 1.43 bits per heavy atom. The van der Waals surface area contributed by atoms with Gasteiger partial charge in [0.1, 0.15) is 5.82 Å². The zero-order chi connectivity index (χ0) is 16.8. The Labute approximate surface area is 146 Å². The van der Waals surface area contributed by atoms with E-state index in [4.69, 9.17) is 4.74 Å². The van der Waals surface area contributed by atoms with E-state index in [1.807, 2.05) is 27.0 Å². The van der Waals surface area contributed by atoms with E-state index in [2.05, 4.69) is 25.2 Å². The first-order chi connectivity index (χ1) is 10.8. The minimum atomic E-state index is -1.17. The third-order valence-corrected chi connectivity index (χ3v) is 6.05. The van der Waals surface area contributed by atoms with Crippen molar-refractivity contribution in [3.8, 4) is 0 Å². The lowest BCUT2D eigenvalue weighted by Crippen LogP contribution is -2.33. The standard InChI is InChI=1S/C16H20BrFN2O2S/c1-16(2,3)23(21)19-6-10-7-20(11-8-22-9-11)15-5-13(17)14(18)4-12(10)15/h4-5,7,11,19H,6,8-9H2,1-3H3/t23-/m0/s1. The maximum atomic E-state index is 14.0. The monoisotopic (exact) mass is 402 g/mol. The molecule has 1 aliphatic rings. The summed E-state index contributed by atoms with van der Waals surface area (Å²) in [6.45, 7) is 7.52. The molecule has 126 valence electrons. The van der Waals surface area contributed by atoms with E-state index in [0.29, 0.717) is 24.2 Å². The van der Waals surface area contributed by atoms with E-state index in [1.165, 1.54) is 6.07 Å². The summed E-state index contributed by atoms with van der Waals surface area (Å²) in [5.41, 5.74) is 1.90. The van der Waals surface area contributed by atoms with Crippen molar-refractivity contribution in [2.45, 2.75) is 38.1 Å². The first kappa shape index (κ1) is 17.1. The molecule has 1 aromatic carbocycles. The molecule has 4 nitrogen and oxygen atoms in total. The van der Waals surface area contributed by atoms with Gasteiger partial charge in [0.2, 0.25) is 0 Å². The predicted octanol–water partition coefficient (Wildman–Crippen LogP) is 3.67. The highest BCUT2D eigenvalue weighted by atomic mass is 79.9. The summed E-state index contributed by atoms with van der Waals surface area (Å²) in [5, 5.41) is 0.844. The van der Waals surface area contributed by atoms with Gasteiger partial charge in [-0.25, -0.2) is 13.3 Å². The number of ether oxygens (including phenoxy) is 1. The molecule has 0 radical (unpaired) electrons. The van der Waals surface area contributed by atoms with Gasteiger partial charge in [0, 0.05) is 18.1 Å². The van der Waals surface area contributed by atoms with Crippen LogP contribution in [0.5, 0.6) is 0 Å². The highest BCUT2D eigenvalue weighted by Gasteiger charge is 2.25. The maximum Gasteiger partial charge on any atom is 0.138 e. The molecular formula is C16H20BrFN2O2S. The van der Waals surface area contributed by atoms with Gasteiger partial charge < -0.3 is 9.30 Å². The van der Waals surface area contributed by atoms with Crippen LogP contribution in [0.4, 0.5) is 4.39 Å². The molecule has 3 rings (SSSR count). The molecule has 1 N–H and O–H groups in total. The highest BCUT2D eigenvalue weighted by Crippen LogP contribution is 2.32. The second kappa shape index (κ2) is 6.27. The fraction of sp³-hybridized carbons (Fsp3) is 0.500. The normalized spacial score (nSPS) is 17.4. The van der Waals surface area contributed by atoms with Crippen molar-refractivity contribution in [1.29, 1.82) is 0 Å². The topological polar surface area (TPSA) is 43.3 Å². The molecule has 0 unspecified atom stereocenters. The summed E-state index contributed by atoms with van der Waals surface area (Å²) in [6.07, 6.45) is 2.01. The fourth-order valence-corrected chi connectivity index (χ4v) is 3.55. The molecule has 0 amide bonds. The van der Waals surface area contributed by atoms with Crippen molar-refractivity contribution in [1.82, 2.24) is 9.29 Å². The number of benzene rings is 1. The van der Waals surface area contributed by atoms with Crippen molar-refractivity contribution in [2.75, 3.05) is 13.2 Å². The predicted molar refractivity (Wildman–Crippen MR) is 94.2 cm³/mol. The molecule has 0 saturated carbocycles. The molecular weight excluding hydrogens is 383 g/mol. The zero-order valence-corrected chi connectivity index (χ0v) is 15.8. The average molecular weight is 403 g/mol. The second-order valence-corrected chi connectivity index (χ2v) is 9.64. The summed E-state index contributed by atoms with van der Waals surface area (Å²) < 4.78 is 36.7. The summed E-state index contributed by atoms with van der Waals surface area (Å²) in [5.74, 6) is -0.293. The Morgan fingerprint density at radius 3 is 2.70 bits per heavy atom. The molecule has 0 bridgehead atoms. The molecule has 1 atom stereocenters. The van der Waals surface area contributed by atoms with Gasteiger partial charge in [0.15, 0.2) is 0 Å². The van der Waals surface area contributed by atoms with Gasteiger partial charge in [-0.2, -0.15) is 0 Å². The van der Waals surface area contributed by atoms with Crippen LogP contribution in [0, 0.1) is 5.82 Å². The summed E-state index contributed by atoms with van der Waals surface area (Å²) in [4.78, 5) is 0. The van der Waals surface area contributed by atoms with Gasteiger partial charge in [0.25, 0.3) is 0 Å². The van der Waals surface area contributed by atoms with E-state index >= 15 is 0 Å². The Kier molecular flexibility index (Phi) is 4.66. The largest absolute Gasteiger partial charge is 0.377 e. The average Bonchev–Trinajstić information content (AvgIpc) is 2.72. The number of aromatic nitrogens is 1. The van der Waals surface area contributed by atoms with Crippen LogP contribution in [0.15, 0.2) is 22.8 Å². The number of fused-ring (bicyclic) bond motifs is 1. The van der Waals surface area contributed by atoms with Gasteiger partial charge in [-0.05, 0) is 54.4 Å². The van der Waals surface area contributed by atoms with Crippen molar-refractivity contribution in [3.63, 3.8) is 0 Å². The molecule has 0 spiro atoms. The van der Waals surface area contributed by atoms with Crippen molar-refractivity contribution < 1.29 is 13.3 Å². The Morgan fingerprint density at radius 2 is 2.13 bits per heavy atom. The number of hydrogen-bond donors (Lipinski definition) is 1. The molecule has 1 aliphatic heterocycles. The fourth-order valence-electron chi connectivity index (χ4n) is 2.50. The minimum Gasteiger partial charge on any atom is -0.377 e. The van der Waals surface area contributed by atoms with Gasteiger partial charge in [-0.15, -0.1) is 0 Å². The summed E-state index contributed by atoms with van der Waals surface area (Å²) >= 11 is 3.25. The van der Waals surface area contributed by atoms with Crippen LogP contribution in [-0.2, 0) is 22.3 Å². The molecule has 0 aliphatic carbocycles. The molecule has 23 heavy (non-hydrogen) atoms. The number of nitrogens with zero attached hydrogens (tertiary/aromatic N) is 1. The van der Waals surface area contributed by atoms with Crippen LogP contribution < -0.4 is 4.72 Å². The molecule has 7 heteroatoms. The van der Waals surface area contributed by atoms with Crippen molar-refractivity contribution in [3.05, 3.63) is 34.2 Å². The minimum absolute atomic E-state index is 0.275. The number of rotatable bonds is 4. The molecule has 1 saturated heterocycles. The number of nitrogens with one attached hydrogen (secondary N) is 1. The van der Waals surface area contributed by atoms with Crippen molar-refractivity contribution in [2.24, 2.45) is 0 Å². The zero-order valence-electron chi connectivity index (χ0n) is 13.4. The van der Waals surface area contributed by atoms with Crippen LogP contribution in [0.2, 0.25) is 0 Å². The summed E-state index contributed by atoms with van der Waals surface area (Å²) in [6, 6.07) is 3.61. The van der Waals surface area contributed by atoms with Gasteiger partial charge >= 0.3 is 0 Å². The first-order valence-corrected chi connectivity index (χ1v) is 9.43. The lowest BCUT2D eigenvalue weighted by atomic mass is 10.1. The van der Waals surface area contributed by atoms with Crippen LogP contribution in [0.1, 0.15) is 32.4 Å². The van der Waals surface area contributed by atoms with E-state index in [1.54, 1.807) is 6.07 Å². The van der Waals surface area contributed by atoms with Crippen LogP contribution in [0.3, 0.4) is 0 Å². The van der Waals surface area contributed by atoms with E-state index in [0.717, 1.165) is 16.5 Å². The van der Waals surface area contributed by atoms with Crippen LogP contribution in [-0.4, -0.2) is 26.7 Å². The van der Waals surface area contributed by atoms with Crippen LogP contribution in [0.25, 0.3) is 10.9 Å². The highest BCUT2D eigenvalue weighted by molar-refractivity contribution is 9.10. The maximum absolute atomic E-state index is 14.0. The van der Waals surface area contributed by atoms with E-state index < -0.39 is 11.0 Å². The lowest BCUT2D eigenvalue weighted by molar-refractivity contribution is -0.0214. The molecule has 1 fully saturated rings. The first-order valence-electron chi connectivity index (χ1n) is 7.49. The van der Waals surface area contributed by atoms with Gasteiger partial charge in [-0.3, -0.25) is 0 Å². The second-order valence-electron chi connectivity index (χ2n) is 6.74. The SMILES string of the molecule is CC(C)(C)[S@](=O)NCc1cn(C2COC2)c2cc(Br)c(F)cc12. The van der Waals surface area contributed by atoms with Crippen molar-refractivity contribution >= 4 is 37.8 Å². The number of hydrogen-bond acceptors (Lipinski definition) is 2. The molecule has 2 aromatic rings. The Bertz CT molecular complexity index is 766.